The van der Waals surface area contributed by atoms with Crippen LogP contribution in [0.15, 0.2) is 36.4 Å². The zero-order valence-electron chi connectivity index (χ0n) is 19.3. The minimum Gasteiger partial charge on any atom is -0.508 e. The van der Waals surface area contributed by atoms with Crippen molar-refractivity contribution in [3.63, 3.8) is 0 Å². The number of hydrogen-bond acceptors (Lipinski definition) is 4. The van der Waals surface area contributed by atoms with Gasteiger partial charge in [-0.2, -0.15) is 0 Å². The van der Waals surface area contributed by atoms with Gasteiger partial charge >= 0.3 is 0 Å². The highest BCUT2D eigenvalue weighted by Crippen LogP contribution is 2.31. The van der Waals surface area contributed by atoms with Crippen molar-refractivity contribution in [2.45, 2.75) is 54.4 Å². The normalized spacial score (nSPS) is 12.8. The van der Waals surface area contributed by atoms with Crippen molar-refractivity contribution in [1.82, 2.24) is 4.90 Å². The van der Waals surface area contributed by atoms with Crippen LogP contribution in [0.1, 0.15) is 50.8 Å². The van der Waals surface area contributed by atoms with Crippen molar-refractivity contribution < 1.29 is 19.4 Å². The lowest BCUT2D eigenvalue weighted by Crippen LogP contribution is -2.40. The highest BCUT2D eigenvalue weighted by atomic mass is 16.5. The molecule has 1 heterocycles. The third kappa shape index (κ3) is 7.71. The minimum absolute atomic E-state index is 0.188. The molecule has 166 valence electrons. The molecule has 1 N–H and O–H groups in total. The molecule has 0 spiro atoms. The summed E-state index contributed by atoms with van der Waals surface area (Å²) in [7, 11) is 0. The molecule has 1 aliphatic heterocycles. The quantitative estimate of drug-likeness (QED) is 0.686. The number of aryl methyl sites for hydroxylation is 3. The number of carbonyl (C=O) groups is 1. The Morgan fingerprint density at radius 1 is 1.00 bits per heavy atom. The summed E-state index contributed by atoms with van der Waals surface area (Å²) in [4.78, 5) is 14.2. The van der Waals surface area contributed by atoms with Gasteiger partial charge in [-0.05, 0) is 61.2 Å². The number of benzene rings is 2. The van der Waals surface area contributed by atoms with Gasteiger partial charge in [0.05, 0.1) is 13.2 Å². The molecule has 1 fully saturated rings. The molecular weight excluding hydrogens is 378 g/mol. The molecule has 0 radical (unpaired) electrons. The van der Waals surface area contributed by atoms with Gasteiger partial charge in [0.1, 0.15) is 17.2 Å². The Kier molecular flexibility index (Phi) is 11.6. The number of carbonyl (C=O) groups excluding carboxylic acids is 1. The molecule has 5 heteroatoms. The summed E-state index contributed by atoms with van der Waals surface area (Å²) in [6, 6.07) is 10.8. The number of ether oxygens (including phenoxy) is 2. The van der Waals surface area contributed by atoms with Crippen LogP contribution in [-0.2, 0) is 16.0 Å². The van der Waals surface area contributed by atoms with Gasteiger partial charge < -0.3 is 19.5 Å². The number of phenolic OH excluding ortho intramolecular Hbond substituents is 1. The summed E-state index contributed by atoms with van der Waals surface area (Å²) < 4.78 is 11.3. The number of phenols is 1. The highest BCUT2D eigenvalue weighted by molar-refractivity contribution is 5.76. The zero-order valence-corrected chi connectivity index (χ0v) is 19.3. The molecule has 5 nitrogen and oxygen atoms in total. The van der Waals surface area contributed by atoms with E-state index in [2.05, 4.69) is 12.1 Å². The van der Waals surface area contributed by atoms with E-state index in [-0.39, 0.29) is 11.7 Å². The highest BCUT2D eigenvalue weighted by Gasteiger charge is 2.17. The summed E-state index contributed by atoms with van der Waals surface area (Å²) in [5.74, 6) is 1.90. The fraction of sp³-hybridized carbons (Fsp3) is 0.480. The van der Waals surface area contributed by atoms with Crippen molar-refractivity contribution >= 4 is 5.91 Å². The van der Waals surface area contributed by atoms with Crippen LogP contribution in [0.5, 0.6) is 17.2 Å². The molecule has 0 saturated carbocycles. The minimum atomic E-state index is 0.188. The van der Waals surface area contributed by atoms with Crippen molar-refractivity contribution in [1.29, 1.82) is 0 Å². The first-order chi connectivity index (χ1) is 14.5. The lowest BCUT2D eigenvalue weighted by atomic mass is 10.0. The number of hydrogen-bond donors (Lipinski definition) is 1. The largest absolute Gasteiger partial charge is 0.508 e. The third-order valence-corrected chi connectivity index (χ3v) is 4.57. The molecule has 1 saturated heterocycles. The van der Waals surface area contributed by atoms with E-state index in [4.69, 9.17) is 9.47 Å². The van der Waals surface area contributed by atoms with E-state index >= 15 is 0 Å². The molecule has 0 atom stereocenters. The molecule has 1 amide bonds. The second-order valence-electron chi connectivity index (χ2n) is 6.65. The van der Waals surface area contributed by atoms with Gasteiger partial charge in [-0.15, -0.1) is 0 Å². The zero-order chi connectivity index (χ0) is 22.5. The molecule has 3 rings (SSSR count). The Labute approximate surface area is 181 Å². The molecular formula is C25H37NO4. The van der Waals surface area contributed by atoms with Gasteiger partial charge in [-0.25, -0.2) is 0 Å². The summed E-state index contributed by atoms with van der Waals surface area (Å²) in [6.45, 7) is 14.7. The summed E-state index contributed by atoms with van der Waals surface area (Å²) in [5, 5.41) is 9.37. The maximum absolute atomic E-state index is 12.3. The standard InChI is InChI=1S/C21H25NO4.2C2H6/c1-15-13-17(3-8-20(24)22-9-11-25-12-10-22)14-16(2)21(15)26-19-6-4-18(23)5-7-19;2*1-2/h4-7,13-14,23H,3,8-12H2,1-2H3;2*1-2H3. The molecule has 2 aromatic rings. The molecule has 0 bridgehead atoms. The van der Waals surface area contributed by atoms with Crippen LogP contribution in [0.25, 0.3) is 0 Å². The van der Waals surface area contributed by atoms with Crippen LogP contribution in [0, 0.1) is 13.8 Å². The lowest BCUT2D eigenvalue weighted by Gasteiger charge is -2.26. The van der Waals surface area contributed by atoms with Gasteiger partial charge in [0.25, 0.3) is 0 Å². The second kappa shape index (κ2) is 13.6. The SMILES string of the molecule is CC.CC.Cc1cc(CCC(=O)N2CCOCC2)cc(C)c1Oc1ccc(O)cc1. The van der Waals surface area contributed by atoms with Gasteiger partial charge in [0.2, 0.25) is 5.91 Å². The van der Waals surface area contributed by atoms with Gasteiger partial charge in [0, 0.05) is 19.5 Å². The predicted octanol–water partition coefficient (Wildman–Crippen LogP) is 5.65. The fourth-order valence-corrected chi connectivity index (χ4v) is 3.20. The molecule has 30 heavy (non-hydrogen) atoms. The number of rotatable bonds is 5. The van der Waals surface area contributed by atoms with E-state index in [9.17, 15) is 9.90 Å². The van der Waals surface area contributed by atoms with E-state index in [0.717, 1.165) is 28.9 Å². The first-order valence-electron chi connectivity index (χ1n) is 11.0. The van der Waals surface area contributed by atoms with Crippen LogP contribution < -0.4 is 4.74 Å². The molecule has 2 aromatic carbocycles. The lowest BCUT2D eigenvalue weighted by molar-refractivity contribution is -0.135. The van der Waals surface area contributed by atoms with Gasteiger partial charge in [-0.3, -0.25) is 4.79 Å². The Hall–Kier alpha value is -2.53. The second-order valence-corrected chi connectivity index (χ2v) is 6.65. The summed E-state index contributed by atoms with van der Waals surface area (Å²) in [5.41, 5.74) is 3.21. The van der Waals surface area contributed by atoms with E-state index in [0.29, 0.717) is 38.5 Å². The van der Waals surface area contributed by atoms with Crippen LogP contribution in [0.4, 0.5) is 0 Å². The Morgan fingerprint density at radius 2 is 1.53 bits per heavy atom. The van der Waals surface area contributed by atoms with Crippen molar-refractivity contribution in [3.05, 3.63) is 53.1 Å². The average Bonchev–Trinajstić information content (AvgIpc) is 2.79. The van der Waals surface area contributed by atoms with Crippen molar-refractivity contribution in [2.75, 3.05) is 26.3 Å². The van der Waals surface area contributed by atoms with Crippen molar-refractivity contribution in [3.8, 4) is 17.2 Å². The maximum Gasteiger partial charge on any atom is 0.223 e. The van der Waals surface area contributed by atoms with E-state index in [1.54, 1.807) is 24.3 Å². The van der Waals surface area contributed by atoms with Crippen LogP contribution in [0.2, 0.25) is 0 Å². The number of morpholine rings is 1. The first-order valence-corrected chi connectivity index (χ1v) is 11.0. The number of amides is 1. The van der Waals surface area contributed by atoms with Crippen LogP contribution >= 0.6 is 0 Å². The van der Waals surface area contributed by atoms with E-state index in [1.807, 2.05) is 46.4 Å². The smallest absolute Gasteiger partial charge is 0.223 e. The summed E-state index contributed by atoms with van der Waals surface area (Å²) >= 11 is 0. The predicted molar refractivity (Wildman–Crippen MR) is 123 cm³/mol. The topological polar surface area (TPSA) is 59.0 Å². The molecule has 0 aliphatic carbocycles. The molecule has 0 aromatic heterocycles. The van der Waals surface area contributed by atoms with Crippen LogP contribution in [-0.4, -0.2) is 42.2 Å². The number of aromatic hydroxyl groups is 1. The summed E-state index contributed by atoms with van der Waals surface area (Å²) in [6.07, 6.45) is 1.23. The van der Waals surface area contributed by atoms with E-state index in [1.165, 1.54) is 0 Å². The fourth-order valence-electron chi connectivity index (χ4n) is 3.20. The average molecular weight is 416 g/mol. The maximum atomic E-state index is 12.3. The Balaban J connectivity index is 0.00000106. The Bertz CT molecular complexity index is 742. The van der Waals surface area contributed by atoms with Gasteiger partial charge in [-0.1, -0.05) is 39.8 Å². The van der Waals surface area contributed by atoms with Gasteiger partial charge in [0.15, 0.2) is 0 Å². The monoisotopic (exact) mass is 415 g/mol. The third-order valence-electron chi connectivity index (χ3n) is 4.57. The molecule has 0 unspecified atom stereocenters. The first kappa shape index (κ1) is 25.5. The van der Waals surface area contributed by atoms with Crippen molar-refractivity contribution in [2.24, 2.45) is 0 Å². The molecule has 1 aliphatic rings. The number of nitrogens with zero attached hydrogens (tertiary/aromatic N) is 1. The van der Waals surface area contributed by atoms with Crippen LogP contribution in [0.3, 0.4) is 0 Å². The van der Waals surface area contributed by atoms with E-state index < -0.39 is 0 Å². The Morgan fingerprint density at radius 3 is 2.07 bits per heavy atom.